The summed E-state index contributed by atoms with van der Waals surface area (Å²) >= 11 is 5.80. The third-order valence-corrected chi connectivity index (χ3v) is 3.13. The van der Waals surface area contributed by atoms with Crippen molar-refractivity contribution in [1.82, 2.24) is 5.43 Å². The van der Waals surface area contributed by atoms with Gasteiger partial charge in [-0.25, -0.2) is 5.43 Å². The second-order valence-electron chi connectivity index (χ2n) is 4.65. The molecule has 0 spiro atoms. The van der Waals surface area contributed by atoms with Crippen LogP contribution in [-0.2, 0) is 9.59 Å². The van der Waals surface area contributed by atoms with Crippen LogP contribution < -0.4 is 10.7 Å². The number of rotatable bonds is 3. The minimum absolute atomic E-state index is 0.131. The lowest BCUT2D eigenvalue weighted by molar-refractivity contribution is -0.136. The van der Waals surface area contributed by atoms with Crippen molar-refractivity contribution < 1.29 is 14.7 Å². The third-order valence-electron chi connectivity index (χ3n) is 2.90. The molecule has 6 nitrogen and oxygen atoms in total. The number of phenols is 1. The van der Waals surface area contributed by atoms with Crippen LogP contribution in [0.3, 0.4) is 0 Å². The lowest BCUT2D eigenvalue weighted by Crippen LogP contribution is -2.32. The van der Waals surface area contributed by atoms with Gasteiger partial charge in [0.25, 0.3) is 0 Å². The highest BCUT2D eigenvalue weighted by Gasteiger charge is 2.13. The van der Waals surface area contributed by atoms with Crippen LogP contribution in [0.5, 0.6) is 5.75 Å². The van der Waals surface area contributed by atoms with E-state index in [1.807, 2.05) is 0 Å². The number of phenolic OH excluding ortho intramolecular Hbond substituents is 1. The monoisotopic (exact) mass is 331 g/mol. The van der Waals surface area contributed by atoms with Crippen LogP contribution in [0, 0.1) is 0 Å². The summed E-state index contributed by atoms with van der Waals surface area (Å²) < 4.78 is 0. The molecule has 3 N–H and O–H groups in total. The molecule has 0 bridgehead atoms. The molecule has 0 radical (unpaired) electrons. The summed E-state index contributed by atoms with van der Waals surface area (Å²) in [5.41, 5.74) is 3.79. The quantitative estimate of drug-likeness (QED) is 0.458. The van der Waals surface area contributed by atoms with E-state index in [9.17, 15) is 14.7 Å². The van der Waals surface area contributed by atoms with E-state index < -0.39 is 11.8 Å². The Morgan fingerprint density at radius 1 is 1.09 bits per heavy atom. The first-order valence-corrected chi connectivity index (χ1v) is 7.04. The van der Waals surface area contributed by atoms with Gasteiger partial charge in [0.15, 0.2) is 0 Å². The zero-order valence-electron chi connectivity index (χ0n) is 12.2. The fourth-order valence-corrected chi connectivity index (χ4v) is 1.90. The van der Waals surface area contributed by atoms with Crippen LogP contribution in [0.2, 0.25) is 5.02 Å². The largest absolute Gasteiger partial charge is 0.508 e. The Morgan fingerprint density at radius 2 is 1.78 bits per heavy atom. The topological polar surface area (TPSA) is 90.8 Å². The van der Waals surface area contributed by atoms with Crippen molar-refractivity contribution in [2.75, 3.05) is 5.32 Å². The molecule has 0 heterocycles. The van der Waals surface area contributed by atoms with Crippen molar-refractivity contribution in [2.24, 2.45) is 5.10 Å². The Hall–Kier alpha value is -2.86. The maximum absolute atomic E-state index is 11.7. The van der Waals surface area contributed by atoms with Crippen LogP contribution >= 0.6 is 11.6 Å². The molecule has 0 saturated carbocycles. The molecule has 2 aromatic carbocycles. The number of amides is 2. The summed E-state index contributed by atoms with van der Waals surface area (Å²) in [5, 5.41) is 15.9. The van der Waals surface area contributed by atoms with Gasteiger partial charge in [0.05, 0.1) is 5.71 Å². The second-order valence-corrected chi connectivity index (χ2v) is 5.09. The Kier molecular flexibility index (Phi) is 5.32. The highest BCUT2D eigenvalue weighted by atomic mass is 35.5. The number of anilines is 1. The van der Waals surface area contributed by atoms with Gasteiger partial charge in [0.2, 0.25) is 0 Å². The number of hydrazone groups is 1. The predicted molar refractivity (Wildman–Crippen MR) is 88.5 cm³/mol. The maximum Gasteiger partial charge on any atom is 0.329 e. The molecule has 23 heavy (non-hydrogen) atoms. The number of aromatic hydroxyl groups is 1. The lowest BCUT2D eigenvalue weighted by atomic mass is 10.1. The van der Waals surface area contributed by atoms with E-state index in [2.05, 4.69) is 15.8 Å². The summed E-state index contributed by atoms with van der Waals surface area (Å²) in [7, 11) is 0. The molecule has 0 aliphatic carbocycles. The van der Waals surface area contributed by atoms with Crippen LogP contribution in [0.25, 0.3) is 0 Å². The average Bonchev–Trinajstić information content (AvgIpc) is 2.53. The first-order chi connectivity index (χ1) is 11.0. The minimum atomic E-state index is -0.900. The molecule has 2 aromatic rings. The van der Waals surface area contributed by atoms with Crippen molar-refractivity contribution in [3.05, 3.63) is 59.1 Å². The number of carbonyl (C=O) groups excluding carboxylic acids is 2. The number of nitrogens with zero attached hydrogens (tertiary/aromatic N) is 1. The fourth-order valence-electron chi connectivity index (χ4n) is 1.71. The Bertz CT molecular complexity index is 757. The number of carbonyl (C=O) groups is 2. The van der Waals surface area contributed by atoms with Crippen LogP contribution in [-0.4, -0.2) is 22.6 Å². The number of hydrogen-bond acceptors (Lipinski definition) is 4. The molecule has 0 atom stereocenters. The van der Waals surface area contributed by atoms with Gasteiger partial charge in [-0.15, -0.1) is 0 Å². The smallest absolute Gasteiger partial charge is 0.329 e. The molecule has 0 aromatic heterocycles. The first-order valence-electron chi connectivity index (χ1n) is 6.66. The van der Waals surface area contributed by atoms with Crippen LogP contribution in [0.1, 0.15) is 12.5 Å². The van der Waals surface area contributed by atoms with Gasteiger partial charge in [-0.1, -0.05) is 17.7 Å². The Morgan fingerprint density at radius 3 is 2.43 bits per heavy atom. The van der Waals surface area contributed by atoms with Gasteiger partial charge in [-0.05, 0) is 55.0 Å². The number of benzene rings is 2. The fraction of sp³-hybridized carbons (Fsp3) is 0.0625. The van der Waals surface area contributed by atoms with Gasteiger partial charge in [-0.2, -0.15) is 5.10 Å². The van der Waals surface area contributed by atoms with Gasteiger partial charge < -0.3 is 10.4 Å². The van der Waals surface area contributed by atoms with Gasteiger partial charge >= 0.3 is 11.8 Å². The molecular formula is C16H14ClN3O3. The standard InChI is InChI=1S/C16H14ClN3O3/c1-10(11-5-7-14(21)8-6-11)19-20-16(23)15(22)18-13-4-2-3-12(17)9-13/h2-9,21H,1H3,(H,18,22)(H,20,23)/b19-10+. The molecule has 0 unspecified atom stereocenters. The minimum Gasteiger partial charge on any atom is -0.508 e. The van der Waals surface area contributed by atoms with E-state index in [4.69, 9.17) is 11.6 Å². The molecule has 0 aliphatic heterocycles. The molecular weight excluding hydrogens is 318 g/mol. The van der Waals surface area contributed by atoms with E-state index in [0.717, 1.165) is 0 Å². The normalized spacial score (nSPS) is 11.0. The van der Waals surface area contributed by atoms with Crippen molar-refractivity contribution in [2.45, 2.75) is 6.92 Å². The maximum atomic E-state index is 11.7. The lowest BCUT2D eigenvalue weighted by Gasteiger charge is -2.05. The van der Waals surface area contributed by atoms with Crippen molar-refractivity contribution >= 4 is 34.8 Å². The molecule has 7 heteroatoms. The van der Waals surface area contributed by atoms with Gasteiger partial charge in [0, 0.05) is 10.7 Å². The summed E-state index contributed by atoms with van der Waals surface area (Å²) in [5.74, 6) is -1.62. The summed E-state index contributed by atoms with van der Waals surface area (Å²) in [4.78, 5) is 23.5. The molecule has 2 rings (SSSR count). The van der Waals surface area contributed by atoms with Crippen molar-refractivity contribution in [3.63, 3.8) is 0 Å². The van der Waals surface area contributed by atoms with E-state index in [1.165, 1.54) is 18.2 Å². The Labute approximate surface area is 137 Å². The van der Waals surface area contributed by atoms with E-state index in [1.54, 1.807) is 37.3 Å². The number of nitrogens with one attached hydrogen (secondary N) is 2. The average molecular weight is 332 g/mol. The van der Waals surface area contributed by atoms with Crippen molar-refractivity contribution in [1.29, 1.82) is 0 Å². The number of hydrogen-bond donors (Lipinski definition) is 3. The van der Waals surface area contributed by atoms with E-state index >= 15 is 0 Å². The zero-order chi connectivity index (χ0) is 16.8. The molecule has 0 aliphatic rings. The highest BCUT2D eigenvalue weighted by Crippen LogP contribution is 2.14. The second kappa shape index (κ2) is 7.42. The molecule has 2 amide bonds. The predicted octanol–water partition coefficient (Wildman–Crippen LogP) is 2.52. The number of halogens is 1. The molecule has 0 saturated heterocycles. The van der Waals surface area contributed by atoms with E-state index in [0.29, 0.717) is 22.0 Å². The summed E-state index contributed by atoms with van der Waals surface area (Å²) in [6, 6.07) is 12.7. The highest BCUT2D eigenvalue weighted by molar-refractivity contribution is 6.39. The molecule has 118 valence electrons. The van der Waals surface area contributed by atoms with Crippen LogP contribution in [0.15, 0.2) is 53.6 Å². The first kappa shape index (κ1) is 16.5. The van der Waals surface area contributed by atoms with Gasteiger partial charge in [-0.3, -0.25) is 9.59 Å². The summed E-state index contributed by atoms with van der Waals surface area (Å²) in [6.45, 7) is 1.67. The van der Waals surface area contributed by atoms with Gasteiger partial charge in [0.1, 0.15) is 5.75 Å². The van der Waals surface area contributed by atoms with E-state index in [-0.39, 0.29) is 5.75 Å². The third kappa shape index (κ3) is 4.82. The van der Waals surface area contributed by atoms with Crippen LogP contribution in [0.4, 0.5) is 5.69 Å². The SMILES string of the molecule is C/C(=N\NC(=O)C(=O)Nc1cccc(Cl)c1)c1ccc(O)cc1. The zero-order valence-corrected chi connectivity index (χ0v) is 13.0. The molecule has 0 fully saturated rings. The summed E-state index contributed by atoms with van der Waals surface area (Å²) in [6.07, 6.45) is 0. The Balaban J connectivity index is 1.96. The van der Waals surface area contributed by atoms with Crippen molar-refractivity contribution in [3.8, 4) is 5.75 Å².